The Bertz CT molecular complexity index is 430. The molecule has 2 rings (SSSR count). The Balaban J connectivity index is 2.13. The quantitative estimate of drug-likeness (QED) is 0.833. The van der Waals surface area contributed by atoms with E-state index in [1.54, 1.807) is 11.3 Å². The topological polar surface area (TPSA) is 40.7 Å². The average Bonchev–Trinajstić information content (AvgIpc) is 2.83. The van der Waals surface area contributed by atoms with Gasteiger partial charge >= 0.3 is 0 Å². The summed E-state index contributed by atoms with van der Waals surface area (Å²) in [6.07, 6.45) is 1.90. The van der Waals surface area contributed by atoms with Crippen LogP contribution in [-0.4, -0.2) is 16.5 Å². The van der Waals surface area contributed by atoms with Crippen LogP contribution in [0.25, 0.3) is 10.6 Å². The van der Waals surface area contributed by atoms with Crippen molar-refractivity contribution >= 4 is 11.3 Å². The normalized spacial score (nSPS) is 10.8. The monoisotopic (exact) mass is 221 g/mol. The summed E-state index contributed by atoms with van der Waals surface area (Å²) >= 11 is 1.79. The molecule has 0 atom stereocenters. The van der Waals surface area contributed by atoms with Gasteiger partial charge in [0.2, 0.25) is 0 Å². The van der Waals surface area contributed by atoms with Crippen LogP contribution in [0.5, 0.6) is 0 Å². The van der Waals surface area contributed by atoms with Crippen molar-refractivity contribution in [1.82, 2.24) is 15.3 Å². The van der Waals surface area contributed by atoms with Gasteiger partial charge in [0.15, 0.2) is 0 Å². The third-order valence-electron chi connectivity index (χ3n) is 2.18. The zero-order valence-corrected chi connectivity index (χ0v) is 9.82. The van der Waals surface area contributed by atoms with Gasteiger partial charge in [0.25, 0.3) is 0 Å². The van der Waals surface area contributed by atoms with Crippen molar-refractivity contribution < 1.29 is 0 Å². The van der Waals surface area contributed by atoms with Crippen LogP contribution in [0.15, 0.2) is 18.3 Å². The molecule has 0 aliphatic heterocycles. The average molecular weight is 221 g/mol. The summed E-state index contributed by atoms with van der Waals surface area (Å²) in [5.41, 5.74) is 1.11. The van der Waals surface area contributed by atoms with Gasteiger partial charge in [-0.15, -0.1) is 11.3 Å². The Labute approximate surface area is 93.6 Å². The van der Waals surface area contributed by atoms with Gasteiger partial charge in [0, 0.05) is 4.88 Å². The van der Waals surface area contributed by atoms with Crippen LogP contribution in [0, 0.1) is 6.92 Å². The fraction of sp³-hybridized carbons (Fsp3) is 0.364. The van der Waals surface area contributed by atoms with Crippen molar-refractivity contribution in [1.29, 1.82) is 0 Å². The first kappa shape index (κ1) is 10.4. The predicted molar refractivity (Wildman–Crippen MR) is 64.0 cm³/mol. The van der Waals surface area contributed by atoms with Crippen LogP contribution in [-0.2, 0) is 6.54 Å². The summed E-state index contributed by atoms with van der Waals surface area (Å²) in [7, 11) is 0. The fourth-order valence-electron chi connectivity index (χ4n) is 1.40. The maximum atomic E-state index is 4.33. The van der Waals surface area contributed by atoms with Crippen molar-refractivity contribution in [3.8, 4) is 10.6 Å². The Morgan fingerprint density at radius 1 is 1.47 bits per heavy atom. The van der Waals surface area contributed by atoms with Crippen molar-refractivity contribution in [2.24, 2.45) is 0 Å². The molecule has 3 nitrogen and oxygen atoms in total. The van der Waals surface area contributed by atoms with Gasteiger partial charge in [-0.3, -0.25) is 0 Å². The van der Waals surface area contributed by atoms with E-state index in [2.05, 4.69) is 41.3 Å². The van der Waals surface area contributed by atoms with Crippen LogP contribution < -0.4 is 5.32 Å². The lowest BCUT2D eigenvalue weighted by Gasteiger charge is -1.96. The van der Waals surface area contributed by atoms with Gasteiger partial charge in [0.1, 0.15) is 5.82 Å². The van der Waals surface area contributed by atoms with Crippen molar-refractivity contribution in [2.75, 3.05) is 6.54 Å². The van der Waals surface area contributed by atoms with Crippen LogP contribution in [0.1, 0.15) is 17.6 Å². The molecule has 0 unspecified atom stereocenters. The highest BCUT2D eigenvalue weighted by Crippen LogP contribution is 2.25. The number of aromatic nitrogens is 2. The van der Waals surface area contributed by atoms with Crippen molar-refractivity contribution in [3.05, 3.63) is 29.0 Å². The summed E-state index contributed by atoms with van der Waals surface area (Å²) in [6.45, 7) is 5.98. The molecular weight excluding hydrogens is 206 g/mol. The summed E-state index contributed by atoms with van der Waals surface area (Å²) in [5, 5.41) is 3.24. The summed E-state index contributed by atoms with van der Waals surface area (Å²) in [4.78, 5) is 10.2. The lowest BCUT2D eigenvalue weighted by atomic mass is 10.4. The fourth-order valence-corrected chi connectivity index (χ4v) is 2.23. The minimum atomic E-state index is 0.806. The van der Waals surface area contributed by atoms with Crippen LogP contribution in [0.4, 0.5) is 0 Å². The number of nitrogens with one attached hydrogen (secondary N) is 2. The molecule has 0 aromatic carbocycles. The number of hydrogen-bond acceptors (Lipinski definition) is 3. The molecule has 0 spiro atoms. The number of imidazole rings is 1. The first-order valence-electron chi connectivity index (χ1n) is 5.11. The Morgan fingerprint density at radius 2 is 2.33 bits per heavy atom. The number of nitrogens with zero attached hydrogens (tertiary/aromatic N) is 1. The molecule has 0 saturated heterocycles. The number of hydrogen-bond donors (Lipinski definition) is 2. The Kier molecular flexibility index (Phi) is 3.18. The maximum Gasteiger partial charge on any atom is 0.120 e. The highest BCUT2D eigenvalue weighted by molar-refractivity contribution is 7.15. The van der Waals surface area contributed by atoms with Gasteiger partial charge in [-0.05, 0) is 25.6 Å². The third-order valence-corrected chi connectivity index (χ3v) is 3.21. The molecule has 2 aromatic heterocycles. The summed E-state index contributed by atoms with van der Waals surface area (Å²) < 4.78 is 0. The molecule has 2 aromatic rings. The van der Waals surface area contributed by atoms with Crippen molar-refractivity contribution in [2.45, 2.75) is 20.4 Å². The van der Waals surface area contributed by atoms with Crippen LogP contribution >= 0.6 is 11.3 Å². The molecular formula is C11H15N3S. The molecule has 80 valence electrons. The van der Waals surface area contributed by atoms with E-state index in [-0.39, 0.29) is 0 Å². The maximum absolute atomic E-state index is 4.33. The Hall–Kier alpha value is -1.13. The van der Waals surface area contributed by atoms with E-state index < -0.39 is 0 Å². The lowest BCUT2D eigenvalue weighted by Crippen LogP contribution is -2.12. The highest BCUT2D eigenvalue weighted by atomic mass is 32.1. The highest BCUT2D eigenvalue weighted by Gasteiger charge is 2.04. The van der Waals surface area contributed by atoms with E-state index >= 15 is 0 Å². The standard InChI is InChI=1S/C11H15N3S/c1-3-12-7-11-13-6-9(14-11)10-5-4-8(2)15-10/h4-6,12H,3,7H2,1-2H3,(H,13,14). The second kappa shape index (κ2) is 4.59. The third kappa shape index (κ3) is 2.46. The molecule has 2 heterocycles. The van der Waals surface area contributed by atoms with Gasteiger partial charge in [-0.1, -0.05) is 6.92 Å². The van der Waals surface area contributed by atoms with E-state index in [1.807, 2.05) is 6.20 Å². The molecule has 2 N–H and O–H groups in total. The van der Waals surface area contributed by atoms with E-state index in [0.717, 1.165) is 24.6 Å². The molecule has 0 saturated carbocycles. The molecule has 4 heteroatoms. The minimum Gasteiger partial charge on any atom is -0.340 e. The Morgan fingerprint density at radius 3 is 3.00 bits per heavy atom. The number of H-pyrrole nitrogens is 1. The smallest absolute Gasteiger partial charge is 0.120 e. The largest absolute Gasteiger partial charge is 0.340 e. The molecule has 0 amide bonds. The molecule has 15 heavy (non-hydrogen) atoms. The summed E-state index contributed by atoms with van der Waals surface area (Å²) in [6, 6.07) is 4.26. The van der Waals surface area contributed by atoms with Gasteiger partial charge in [-0.25, -0.2) is 4.98 Å². The van der Waals surface area contributed by atoms with Gasteiger partial charge in [0.05, 0.1) is 23.3 Å². The zero-order valence-electron chi connectivity index (χ0n) is 9.00. The van der Waals surface area contributed by atoms with Crippen molar-refractivity contribution in [3.63, 3.8) is 0 Å². The zero-order chi connectivity index (χ0) is 10.7. The van der Waals surface area contributed by atoms with E-state index in [1.165, 1.54) is 9.75 Å². The van der Waals surface area contributed by atoms with Gasteiger partial charge in [-0.2, -0.15) is 0 Å². The second-order valence-corrected chi connectivity index (χ2v) is 4.72. The van der Waals surface area contributed by atoms with Crippen LogP contribution in [0.2, 0.25) is 0 Å². The number of thiophene rings is 1. The molecule has 0 aliphatic rings. The van der Waals surface area contributed by atoms with E-state index in [9.17, 15) is 0 Å². The molecule has 0 radical (unpaired) electrons. The summed E-state index contributed by atoms with van der Waals surface area (Å²) in [5.74, 6) is 0.998. The van der Waals surface area contributed by atoms with E-state index in [4.69, 9.17) is 0 Å². The van der Waals surface area contributed by atoms with Gasteiger partial charge < -0.3 is 10.3 Å². The number of aryl methyl sites for hydroxylation is 1. The SMILES string of the molecule is CCNCc1ncc(-c2ccc(C)s2)[nH]1. The minimum absolute atomic E-state index is 0.806. The number of aromatic amines is 1. The predicted octanol–water partition coefficient (Wildman–Crippen LogP) is 2.56. The second-order valence-electron chi connectivity index (χ2n) is 3.43. The first-order valence-corrected chi connectivity index (χ1v) is 5.92. The number of rotatable bonds is 4. The lowest BCUT2D eigenvalue weighted by molar-refractivity contribution is 0.698. The van der Waals surface area contributed by atoms with E-state index in [0.29, 0.717) is 0 Å². The first-order chi connectivity index (χ1) is 7.29. The molecule has 0 bridgehead atoms. The molecule has 0 fully saturated rings. The molecule has 0 aliphatic carbocycles. The van der Waals surface area contributed by atoms with Crippen LogP contribution in [0.3, 0.4) is 0 Å².